The minimum Gasteiger partial charge on any atom is -0.389 e. The van der Waals surface area contributed by atoms with Gasteiger partial charge in [-0.25, -0.2) is 0 Å². The summed E-state index contributed by atoms with van der Waals surface area (Å²) >= 11 is 0. The SMILES string of the molecule is CN(C)CC(O)COCCC(F)(F)C(F)(F)C(F)(F)C(F)(F)C(F)(F)C(F)(F)F. The van der Waals surface area contributed by atoms with Crippen LogP contribution in [0.3, 0.4) is 0 Å². The highest BCUT2D eigenvalue weighted by molar-refractivity contribution is 5.10. The molecule has 1 N–H and O–H groups in total. The highest BCUT2D eigenvalue weighted by Gasteiger charge is 2.90. The van der Waals surface area contributed by atoms with Crippen molar-refractivity contribution >= 4 is 0 Å². The third-order valence-electron chi connectivity index (χ3n) is 3.44. The lowest BCUT2D eigenvalue weighted by atomic mass is 9.93. The van der Waals surface area contributed by atoms with E-state index in [1.807, 2.05) is 0 Å². The first-order valence-electron chi connectivity index (χ1n) is 7.42. The van der Waals surface area contributed by atoms with E-state index < -0.39 is 61.5 Å². The van der Waals surface area contributed by atoms with Crippen LogP contribution < -0.4 is 0 Å². The van der Waals surface area contributed by atoms with Crippen LogP contribution in [-0.2, 0) is 4.74 Å². The fraction of sp³-hybridized carbons (Fsp3) is 1.00. The Hall–Kier alpha value is -1.03. The Kier molecular flexibility index (Phi) is 8.30. The third-order valence-corrected chi connectivity index (χ3v) is 3.44. The summed E-state index contributed by atoms with van der Waals surface area (Å²) < 4.78 is 171. The second-order valence-corrected chi connectivity index (χ2v) is 6.24. The number of hydrogen-bond donors (Lipinski definition) is 1. The first-order chi connectivity index (χ1) is 12.6. The summed E-state index contributed by atoms with van der Waals surface area (Å²) in [5.74, 6) is -36.9. The van der Waals surface area contributed by atoms with Gasteiger partial charge >= 0.3 is 35.8 Å². The molecule has 0 aromatic rings. The number of aliphatic hydroxyl groups is 1. The molecular weight excluding hydrogens is 449 g/mol. The molecule has 0 spiro atoms. The van der Waals surface area contributed by atoms with Gasteiger partial charge in [-0.15, -0.1) is 0 Å². The zero-order valence-corrected chi connectivity index (χ0v) is 14.6. The maximum Gasteiger partial charge on any atom is 0.460 e. The molecule has 16 heteroatoms. The van der Waals surface area contributed by atoms with Crippen molar-refractivity contribution in [1.82, 2.24) is 4.90 Å². The second-order valence-electron chi connectivity index (χ2n) is 6.24. The van der Waals surface area contributed by atoms with Gasteiger partial charge < -0.3 is 14.7 Å². The van der Waals surface area contributed by atoms with E-state index in [0.29, 0.717) is 0 Å². The highest BCUT2D eigenvalue weighted by Crippen LogP contribution is 2.60. The molecule has 0 rings (SSSR count). The molecule has 3 nitrogen and oxygen atoms in total. The van der Waals surface area contributed by atoms with Crippen LogP contribution in [0, 0.1) is 0 Å². The number of nitrogens with zero attached hydrogens (tertiary/aromatic N) is 1. The molecule has 1 unspecified atom stereocenters. The third kappa shape index (κ3) is 5.37. The Labute approximate surface area is 155 Å². The molecule has 0 bridgehead atoms. The molecule has 176 valence electrons. The number of ether oxygens (including phenoxy) is 1. The van der Waals surface area contributed by atoms with Gasteiger partial charge in [-0.05, 0) is 14.1 Å². The number of rotatable bonds is 11. The lowest BCUT2D eigenvalue weighted by Crippen LogP contribution is -2.70. The molecule has 0 heterocycles. The molecule has 0 saturated heterocycles. The highest BCUT2D eigenvalue weighted by atomic mass is 19.4. The number of likely N-dealkylation sites (N-methyl/N-ethyl adjacent to an activating group) is 1. The van der Waals surface area contributed by atoms with Gasteiger partial charge in [0.1, 0.15) is 0 Å². The summed E-state index contributed by atoms with van der Waals surface area (Å²) in [4.78, 5) is 1.38. The monoisotopic (exact) mass is 465 g/mol. The fourth-order valence-corrected chi connectivity index (χ4v) is 1.85. The average molecular weight is 465 g/mol. The van der Waals surface area contributed by atoms with Crippen molar-refractivity contribution < 1.29 is 66.9 Å². The van der Waals surface area contributed by atoms with Crippen molar-refractivity contribution in [2.75, 3.05) is 33.9 Å². The fourth-order valence-electron chi connectivity index (χ4n) is 1.85. The minimum absolute atomic E-state index is 0.108. The van der Waals surface area contributed by atoms with Crippen molar-refractivity contribution in [3.63, 3.8) is 0 Å². The number of hydrogen-bond acceptors (Lipinski definition) is 3. The van der Waals surface area contributed by atoms with Crippen LogP contribution in [0.5, 0.6) is 0 Å². The standard InChI is InChI=1S/C13H16F13NO2/c1-27(2)5-7(28)6-29-4-3-8(14,15)9(16,17)10(18,19)11(20,21)12(22,23)13(24,25)26/h7,28H,3-6H2,1-2H3. The maximum atomic E-state index is 13.4. The van der Waals surface area contributed by atoms with Gasteiger partial charge in [0, 0.05) is 13.0 Å². The van der Waals surface area contributed by atoms with Gasteiger partial charge in [-0.1, -0.05) is 0 Å². The van der Waals surface area contributed by atoms with E-state index in [1.54, 1.807) is 0 Å². The van der Waals surface area contributed by atoms with Gasteiger partial charge in [0.05, 0.1) is 19.3 Å². The van der Waals surface area contributed by atoms with E-state index in [-0.39, 0.29) is 6.54 Å². The molecule has 0 aliphatic carbocycles. The number of aliphatic hydroxyl groups excluding tert-OH is 1. The van der Waals surface area contributed by atoms with Crippen LogP contribution in [0.4, 0.5) is 57.1 Å². The average Bonchev–Trinajstić information content (AvgIpc) is 2.49. The number of halogens is 13. The van der Waals surface area contributed by atoms with Crippen LogP contribution in [0.15, 0.2) is 0 Å². The van der Waals surface area contributed by atoms with Crippen molar-refractivity contribution in [3.8, 4) is 0 Å². The molecule has 0 aromatic heterocycles. The minimum atomic E-state index is -7.91. The van der Waals surface area contributed by atoms with Gasteiger partial charge in [0.15, 0.2) is 0 Å². The summed E-state index contributed by atoms with van der Waals surface area (Å²) in [6.07, 6.45) is -11.2. The van der Waals surface area contributed by atoms with Crippen LogP contribution in [-0.4, -0.2) is 85.8 Å². The Morgan fingerprint density at radius 2 is 1.14 bits per heavy atom. The lowest BCUT2D eigenvalue weighted by Gasteiger charge is -2.39. The Morgan fingerprint density at radius 3 is 1.52 bits per heavy atom. The Balaban J connectivity index is 5.45. The van der Waals surface area contributed by atoms with E-state index in [2.05, 4.69) is 4.74 Å². The maximum absolute atomic E-state index is 13.4. The van der Waals surface area contributed by atoms with Crippen LogP contribution >= 0.6 is 0 Å². The summed E-state index contributed by atoms with van der Waals surface area (Å²) in [5, 5.41) is 9.30. The van der Waals surface area contributed by atoms with E-state index >= 15 is 0 Å². The van der Waals surface area contributed by atoms with E-state index in [4.69, 9.17) is 0 Å². The van der Waals surface area contributed by atoms with Gasteiger partial charge in [0.2, 0.25) is 0 Å². The van der Waals surface area contributed by atoms with Crippen molar-refractivity contribution in [3.05, 3.63) is 0 Å². The van der Waals surface area contributed by atoms with E-state index in [1.165, 1.54) is 19.0 Å². The van der Waals surface area contributed by atoms with E-state index in [9.17, 15) is 62.2 Å². The molecule has 29 heavy (non-hydrogen) atoms. The molecular formula is C13H16F13NO2. The van der Waals surface area contributed by atoms with E-state index in [0.717, 1.165) is 0 Å². The van der Waals surface area contributed by atoms with Crippen LogP contribution in [0.1, 0.15) is 6.42 Å². The molecule has 0 radical (unpaired) electrons. The van der Waals surface area contributed by atoms with Crippen molar-refractivity contribution in [1.29, 1.82) is 0 Å². The number of alkyl halides is 13. The molecule has 1 atom stereocenters. The van der Waals surface area contributed by atoms with Gasteiger partial charge in [-0.3, -0.25) is 0 Å². The lowest BCUT2D eigenvalue weighted by molar-refractivity contribution is -0.440. The smallest absolute Gasteiger partial charge is 0.389 e. The van der Waals surface area contributed by atoms with Crippen molar-refractivity contribution in [2.45, 2.75) is 48.3 Å². The first kappa shape index (κ1) is 28.0. The second kappa shape index (κ2) is 8.61. The molecule has 0 aromatic carbocycles. The molecule has 0 saturated carbocycles. The summed E-state index contributed by atoms with van der Waals surface area (Å²) in [5.41, 5.74) is 0. The normalized spacial score (nSPS) is 16.4. The molecule has 0 amide bonds. The largest absolute Gasteiger partial charge is 0.460 e. The molecule has 0 fully saturated rings. The topological polar surface area (TPSA) is 32.7 Å². The van der Waals surface area contributed by atoms with Crippen LogP contribution in [0.25, 0.3) is 0 Å². The summed E-state index contributed by atoms with van der Waals surface area (Å²) in [7, 11) is 2.91. The Bertz CT molecular complexity index is 533. The predicted molar refractivity (Wildman–Crippen MR) is 70.8 cm³/mol. The van der Waals surface area contributed by atoms with Gasteiger partial charge in [0.25, 0.3) is 0 Å². The molecule has 0 aliphatic rings. The van der Waals surface area contributed by atoms with Crippen LogP contribution in [0.2, 0.25) is 0 Å². The Morgan fingerprint density at radius 1 is 0.724 bits per heavy atom. The van der Waals surface area contributed by atoms with Gasteiger partial charge in [-0.2, -0.15) is 57.1 Å². The zero-order valence-electron chi connectivity index (χ0n) is 14.6. The summed E-state index contributed by atoms with van der Waals surface area (Å²) in [6.45, 7) is -2.42. The molecule has 0 aliphatic heterocycles. The zero-order chi connectivity index (χ0) is 23.7. The van der Waals surface area contributed by atoms with Crippen molar-refractivity contribution in [2.24, 2.45) is 0 Å². The predicted octanol–water partition coefficient (Wildman–Crippen LogP) is 4.05. The quantitative estimate of drug-likeness (QED) is 0.369. The summed E-state index contributed by atoms with van der Waals surface area (Å²) in [6, 6.07) is 0. The first-order valence-corrected chi connectivity index (χ1v) is 7.42.